The fraction of sp³-hybridized carbons (Fsp3) is 0.476. The molecule has 146 valence electrons. The van der Waals surface area contributed by atoms with E-state index in [9.17, 15) is 9.59 Å². The summed E-state index contributed by atoms with van der Waals surface area (Å²) < 4.78 is 1.94. The number of anilines is 2. The van der Waals surface area contributed by atoms with Crippen molar-refractivity contribution in [2.45, 2.75) is 60.9 Å². The molecule has 0 aliphatic heterocycles. The predicted octanol–water partition coefficient (Wildman–Crippen LogP) is 4.54. The van der Waals surface area contributed by atoms with Crippen LogP contribution in [-0.2, 0) is 11.3 Å². The molecule has 6 heteroatoms. The van der Waals surface area contributed by atoms with E-state index in [0.717, 1.165) is 36.5 Å². The van der Waals surface area contributed by atoms with Crippen LogP contribution in [0, 0.1) is 19.3 Å². The Morgan fingerprint density at radius 2 is 1.70 bits per heavy atom. The first-order chi connectivity index (χ1) is 12.6. The van der Waals surface area contributed by atoms with Gasteiger partial charge in [0.15, 0.2) is 0 Å². The average molecular weight is 370 g/mol. The first-order valence-corrected chi connectivity index (χ1v) is 9.40. The van der Waals surface area contributed by atoms with Crippen LogP contribution in [-0.4, -0.2) is 21.6 Å². The minimum absolute atomic E-state index is 0.0644. The first kappa shape index (κ1) is 20.7. The fourth-order valence-corrected chi connectivity index (χ4v) is 2.61. The van der Waals surface area contributed by atoms with Gasteiger partial charge < -0.3 is 10.6 Å². The SMILES string of the molecule is CCCCn1nc(C)c(NC(=O)c2ccc(NC(=O)C(C)(C)C)cc2)c1C. The van der Waals surface area contributed by atoms with Gasteiger partial charge in [-0.1, -0.05) is 34.1 Å². The summed E-state index contributed by atoms with van der Waals surface area (Å²) in [5.41, 5.74) is 3.27. The molecule has 0 fully saturated rings. The lowest BCUT2D eigenvalue weighted by Gasteiger charge is -2.17. The summed E-state index contributed by atoms with van der Waals surface area (Å²) in [5, 5.41) is 10.3. The van der Waals surface area contributed by atoms with Crippen molar-refractivity contribution < 1.29 is 9.59 Å². The van der Waals surface area contributed by atoms with Gasteiger partial charge >= 0.3 is 0 Å². The molecule has 27 heavy (non-hydrogen) atoms. The molecule has 2 aromatic rings. The van der Waals surface area contributed by atoms with Gasteiger partial charge in [0, 0.05) is 23.2 Å². The van der Waals surface area contributed by atoms with Crippen molar-refractivity contribution in [3.63, 3.8) is 0 Å². The Labute approximate surface area is 161 Å². The second-order valence-corrected chi connectivity index (χ2v) is 7.86. The van der Waals surface area contributed by atoms with Gasteiger partial charge in [-0.3, -0.25) is 14.3 Å². The molecule has 0 saturated carbocycles. The Bertz CT molecular complexity index is 814. The number of aromatic nitrogens is 2. The monoisotopic (exact) mass is 370 g/mol. The van der Waals surface area contributed by atoms with Gasteiger partial charge in [-0.2, -0.15) is 5.10 Å². The smallest absolute Gasteiger partial charge is 0.255 e. The normalized spacial score (nSPS) is 11.3. The summed E-state index contributed by atoms with van der Waals surface area (Å²) in [5.74, 6) is -0.254. The number of hydrogen-bond acceptors (Lipinski definition) is 3. The van der Waals surface area contributed by atoms with Crippen LogP contribution in [0.3, 0.4) is 0 Å². The zero-order chi connectivity index (χ0) is 20.2. The van der Waals surface area contributed by atoms with E-state index in [1.165, 1.54) is 0 Å². The van der Waals surface area contributed by atoms with Gasteiger partial charge in [0.05, 0.1) is 17.1 Å². The molecule has 2 amide bonds. The minimum atomic E-state index is -0.469. The number of carbonyl (C=O) groups excluding carboxylic acids is 2. The maximum absolute atomic E-state index is 12.6. The van der Waals surface area contributed by atoms with E-state index in [2.05, 4.69) is 22.7 Å². The third-order valence-corrected chi connectivity index (χ3v) is 4.43. The van der Waals surface area contributed by atoms with E-state index in [1.54, 1.807) is 24.3 Å². The van der Waals surface area contributed by atoms with Gasteiger partial charge in [0.1, 0.15) is 0 Å². The topological polar surface area (TPSA) is 76.0 Å². The number of nitrogens with one attached hydrogen (secondary N) is 2. The van der Waals surface area contributed by atoms with Crippen molar-refractivity contribution >= 4 is 23.2 Å². The van der Waals surface area contributed by atoms with Crippen LogP contribution in [0.1, 0.15) is 62.3 Å². The number of carbonyl (C=O) groups is 2. The molecule has 1 aromatic heterocycles. The number of nitrogens with zero attached hydrogens (tertiary/aromatic N) is 2. The van der Waals surface area contributed by atoms with Crippen LogP contribution < -0.4 is 10.6 Å². The maximum Gasteiger partial charge on any atom is 0.255 e. The van der Waals surface area contributed by atoms with Gasteiger partial charge in [-0.15, -0.1) is 0 Å². The van der Waals surface area contributed by atoms with Crippen molar-refractivity contribution in [3.05, 3.63) is 41.2 Å². The Balaban J connectivity index is 2.09. The Kier molecular flexibility index (Phi) is 6.41. The summed E-state index contributed by atoms with van der Waals surface area (Å²) in [6.07, 6.45) is 2.15. The molecule has 0 aliphatic carbocycles. The highest BCUT2D eigenvalue weighted by atomic mass is 16.2. The van der Waals surface area contributed by atoms with E-state index >= 15 is 0 Å². The second-order valence-electron chi connectivity index (χ2n) is 7.86. The van der Waals surface area contributed by atoms with Crippen LogP contribution in [0.15, 0.2) is 24.3 Å². The average Bonchev–Trinajstić information content (AvgIpc) is 2.87. The van der Waals surface area contributed by atoms with Crippen molar-refractivity contribution in [2.24, 2.45) is 5.41 Å². The lowest BCUT2D eigenvalue weighted by atomic mass is 9.95. The zero-order valence-electron chi connectivity index (χ0n) is 17.1. The standard InChI is InChI=1S/C21H30N4O2/c1-7-8-13-25-15(3)18(14(2)24-25)23-19(26)16-9-11-17(12-10-16)22-20(27)21(4,5)6/h9-12H,7-8,13H2,1-6H3,(H,22,27)(H,23,26). The molecule has 1 aromatic carbocycles. The third-order valence-electron chi connectivity index (χ3n) is 4.43. The highest BCUT2D eigenvalue weighted by Crippen LogP contribution is 2.22. The number of amides is 2. The Hall–Kier alpha value is -2.63. The highest BCUT2D eigenvalue weighted by Gasteiger charge is 2.21. The number of hydrogen-bond donors (Lipinski definition) is 2. The summed E-state index contributed by atoms with van der Waals surface area (Å²) >= 11 is 0. The largest absolute Gasteiger partial charge is 0.326 e. The van der Waals surface area contributed by atoms with Crippen LogP contribution in [0.4, 0.5) is 11.4 Å². The molecule has 0 unspecified atom stereocenters. The highest BCUT2D eigenvalue weighted by molar-refractivity contribution is 6.05. The number of aryl methyl sites for hydroxylation is 2. The van der Waals surface area contributed by atoms with E-state index in [0.29, 0.717) is 11.3 Å². The zero-order valence-corrected chi connectivity index (χ0v) is 17.1. The van der Waals surface area contributed by atoms with Gasteiger partial charge in [0.25, 0.3) is 5.91 Å². The molecule has 6 nitrogen and oxygen atoms in total. The molecular formula is C21H30N4O2. The molecule has 0 spiro atoms. The summed E-state index contributed by atoms with van der Waals surface area (Å²) in [7, 11) is 0. The number of rotatable bonds is 6. The van der Waals surface area contributed by atoms with E-state index < -0.39 is 5.41 Å². The quantitative estimate of drug-likeness (QED) is 0.784. The number of benzene rings is 1. The lowest BCUT2D eigenvalue weighted by molar-refractivity contribution is -0.123. The molecule has 2 N–H and O–H groups in total. The summed E-state index contributed by atoms with van der Waals surface area (Å²) in [6.45, 7) is 12.4. The molecule has 0 saturated heterocycles. The minimum Gasteiger partial charge on any atom is -0.326 e. The van der Waals surface area contributed by atoms with Gasteiger partial charge in [0.2, 0.25) is 5.91 Å². The maximum atomic E-state index is 12.6. The fourth-order valence-electron chi connectivity index (χ4n) is 2.61. The van der Waals surface area contributed by atoms with Crippen molar-refractivity contribution in [1.82, 2.24) is 9.78 Å². The molecule has 1 heterocycles. The van der Waals surface area contributed by atoms with Crippen LogP contribution in [0.5, 0.6) is 0 Å². The first-order valence-electron chi connectivity index (χ1n) is 9.40. The molecule has 0 aliphatic rings. The summed E-state index contributed by atoms with van der Waals surface area (Å²) in [6, 6.07) is 6.89. The number of unbranched alkanes of at least 4 members (excludes halogenated alkanes) is 1. The van der Waals surface area contributed by atoms with Crippen LogP contribution in [0.2, 0.25) is 0 Å². The molecule has 0 atom stereocenters. The Morgan fingerprint density at radius 3 is 2.26 bits per heavy atom. The van der Waals surface area contributed by atoms with Crippen molar-refractivity contribution in [1.29, 1.82) is 0 Å². The second kappa shape index (κ2) is 8.37. The molecule has 0 radical (unpaired) electrons. The molecule has 0 bridgehead atoms. The van der Waals surface area contributed by atoms with Crippen molar-refractivity contribution in [3.8, 4) is 0 Å². The van der Waals surface area contributed by atoms with E-state index in [4.69, 9.17) is 0 Å². The third kappa shape index (κ3) is 5.18. The van der Waals surface area contributed by atoms with Crippen LogP contribution in [0.25, 0.3) is 0 Å². The van der Waals surface area contributed by atoms with E-state index in [1.807, 2.05) is 39.3 Å². The predicted molar refractivity (Wildman–Crippen MR) is 109 cm³/mol. The van der Waals surface area contributed by atoms with Gasteiger partial charge in [-0.05, 0) is 44.5 Å². The van der Waals surface area contributed by atoms with Crippen molar-refractivity contribution in [2.75, 3.05) is 10.6 Å². The van der Waals surface area contributed by atoms with Gasteiger partial charge in [-0.25, -0.2) is 0 Å². The molecular weight excluding hydrogens is 340 g/mol. The van der Waals surface area contributed by atoms with E-state index in [-0.39, 0.29) is 11.8 Å². The molecule has 2 rings (SSSR count). The lowest BCUT2D eigenvalue weighted by Crippen LogP contribution is -2.27. The summed E-state index contributed by atoms with van der Waals surface area (Å²) in [4.78, 5) is 24.6. The Morgan fingerprint density at radius 1 is 1.07 bits per heavy atom. The van der Waals surface area contributed by atoms with Crippen LogP contribution >= 0.6 is 0 Å².